The van der Waals surface area contributed by atoms with Crippen molar-refractivity contribution >= 4 is 23.2 Å². The quantitative estimate of drug-likeness (QED) is 0.567. The van der Waals surface area contributed by atoms with Crippen LogP contribution in [0.1, 0.15) is 29.6 Å². The minimum atomic E-state index is -0.385. The third kappa shape index (κ3) is 2.94. The number of halogens is 1. The number of hydrogen-bond donors (Lipinski definition) is 1. The van der Waals surface area contributed by atoms with Gasteiger partial charge in [0.05, 0.1) is 17.0 Å². The summed E-state index contributed by atoms with van der Waals surface area (Å²) < 4.78 is 1.77. The van der Waals surface area contributed by atoms with Crippen LogP contribution in [0.5, 0.6) is 0 Å². The van der Waals surface area contributed by atoms with E-state index in [9.17, 15) is 10.1 Å². The van der Waals surface area contributed by atoms with Gasteiger partial charge in [0.2, 0.25) is 5.95 Å². The van der Waals surface area contributed by atoms with E-state index in [1.165, 1.54) is 12.4 Å². The third-order valence-corrected chi connectivity index (χ3v) is 4.62. The van der Waals surface area contributed by atoms with Crippen molar-refractivity contribution in [1.82, 2.24) is 14.8 Å². The highest BCUT2D eigenvalue weighted by Crippen LogP contribution is 2.38. The average Bonchev–Trinajstić information content (AvgIpc) is 3.10. The van der Waals surface area contributed by atoms with Crippen LogP contribution in [-0.4, -0.2) is 19.7 Å². The molecule has 0 fully saturated rings. The number of rotatable bonds is 3. The summed E-state index contributed by atoms with van der Waals surface area (Å²) in [5.74, 6) is 0.641. The van der Waals surface area contributed by atoms with Gasteiger partial charge in [0.15, 0.2) is 0 Å². The van der Waals surface area contributed by atoms with Crippen LogP contribution >= 0.6 is 11.6 Å². The van der Waals surface area contributed by atoms with Gasteiger partial charge in [-0.3, -0.25) is 10.1 Å². The maximum absolute atomic E-state index is 11.1. The van der Waals surface area contributed by atoms with Crippen molar-refractivity contribution in [2.45, 2.75) is 18.5 Å². The molecule has 1 aromatic heterocycles. The van der Waals surface area contributed by atoms with Crippen LogP contribution in [-0.2, 0) is 0 Å². The molecule has 2 heterocycles. The van der Waals surface area contributed by atoms with E-state index in [0.717, 1.165) is 11.1 Å². The largest absolute Gasteiger partial charge is 0.348 e. The van der Waals surface area contributed by atoms with Crippen molar-refractivity contribution in [2.24, 2.45) is 0 Å². The fraction of sp³-hybridized carbons (Fsp3) is 0.176. The number of non-ortho nitro benzene ring substituents is 1. The number of anilines is 1. The maximum atomic E-state index is 11.1. The van der Waals surface area contributed by atoms with Gasteiger partial charge in [-0.2, -0.15) is 10.1 Å². The summed E-state index contributed by atoms with van der Waals surface area (Å²) in [5, 5.41) is 19.4. The normalized spacial score (nSPS) is 19.1. The zero-order valence-corrected chi connectivity index (χ0v) is 13.8. The minimum Gasteiger partial charge on any atom is -0.348 e. The van der Waals surface area contributed by atoms with Crippen LogP contribution in [0.2, 0.25) is 5.02 Å². The van der Waals surface area contributed by atoms with E-state index >= 15 is 0 Å². The summed E-state index contributed by atoms with van der Waals surface area (Å²) >= 11 is 5.98. The second-order valence-corrected chi connectivity index (χ2v) is 6.32. The van der Waals surface area contributed by atoms with Crippen molar-refractivity contribution in [3.8, 4) is 0 Å². The van der Waals surface area contributed by atoms with Crippen molar-refractivity contribution < 1.29 is 4.92 Å². The van der Waals surface area contributed by atoms with Gasteiger partial charge < -0.3 is 5.32 Å². The molecule has 1 aliphatic heterocycles. The number of fused-ring (bicyclic) bond motifs is 1. The van der Waals surface area contributed by atoms with Crippen molar-refractivity contribution in [3.05, 3.63) is 81.1 Å². The van der Waals surface area contributed by atoms with Gasteiger partial charge >= 0.3 is 0 Å². The Kier molecular flexibility index (Phi) is 3.85. The molecule has 8 heteroatoms. The Labute approximate surface area is 148 Å². The summed E-state index contributed by atoms with van der Waals surface area (Å²) in [6.45, 7) is 0. The lowest BCUT2D eigenvalue weighted by molar-refractivity contribution is -0.384. The van der Waals surface area contributed by atoms with E-state index in [0.29, 0.717) is 17.4 Å². The fourth-order valence-electron chi connectivity index (χ4n) is 3.16. The predicted molar refractivity (Wildman–Crippen MR) is 93.7 cm³/mol. The number of aromatic nitrogens is 3. The first-order valence-electron chi connectivity index (χ1n) is 7.77. The molecule has 7 nitrogen and oxygen atoms in total. The fourth-order valence-corrected chi connectivity index (χ4v) is 3.28. The molecular weight excluding hydrogens is 342 g/mol. The van der Waals surface area contributed by atoms with Crippen LogP contribution in [0.4, 0.5) is 11.6 Å². The molecule has 2 atom stereocenters. The Morgan fingerprint density at radius 1 is 1.20 bits per heavy atom. The number of hydrogen-bond acceptors (Lipinski definition) is 5. The molecule has 2 aromatic carbocycles. The maximum Gasteiger partial charge on any atom is 0.269 e. The van der Waals surface area contributed by atoms with Gasteiger partial charge in [0, 0.05) is 17.2 Å². The molecular formula is C17H14ClN5O2. The molecule has 0 spiro atoms. The molecule has 0 unspecified atom stereocenters. The lowest BCUT2D eigenvalue weighted by Gasteiger charge is -2.31. The number of nitrogens with zero attached hydrogens (tertiary/aromatic N) is 4. The van der Waals surface area contributed by atoms with Gasteiger partial charge in [0.1, 0.15) is 6.33 Å². The van der Waals surface area contributed by atoms with Gasteiger partial charge in [0.25, 0.3) is 5.69 Å². The Bertz CT molecular complexity index is 925. The summed E-state index contributed by atoms with van der Waals surface area (Å²) in [4.78, 5) is 15.0. The average molecular weight is 356 g/mol. The molecule has 0 bridgehead atoms. The van der Waals surface area contributed by atoms with Gasteiger partial charge in [-0.1, -0.05) is 35.9 Å². The van der Waals surface area contributed by atoms with Crippen molar-refractivity contribution in [3.63, 3.8) is 0 Å². The minimum absolute atomic E-state index is 0.0122. The molecule has 0 radical (unpaired) electrons. The molecule has 3 aromatic rings. The molecule has 0 saturated heterocycles. The van der Waals surface area contributed by atoms with Gasteiger partial charge in [-0.15, -0.1) is 0 Å². The zero-order chi connectivity index (χ0) is 17.4. The zero-order valence-electron chi connectivity index (χ0n) is 13.0. The molecule has 1 aliphatic rings. The molecule has 0 saturated carbocycles. The lowest BCUT2D eigenvalue weighted by Crippen LogP contribution is -2.28. The number of nitro benzene ring substituents is 1. The number of benzene rings is 2. The third-order valence-electron chi connectivity index (χ3n) is 4.37. The van der Waals surface area contributed by atoms with Crippen LogP contribution in [0.25, 0.3) is 0 Å². The number of nitrogens with one attached hydrogen (secondary N) is 1. The summed E-state index contributed by atoms with van der Waals surface area (Å²) in [7, 11) is 0. The van der Waals surface area contributed by atoms with Crippen LogP contribution in [0.3, 0.4) is 0 Å². The summed E-state index contributed by atoms with van der Waals surface area (Å²) in [6.07, 6.45) is 2.18. The Morgan fingerprint density at radius 3 is 2.76 bits per heavy atom. The molecule has 126 valence electrons. The Morgan fingerprint density at radius 2 is 2.00 bits per heavy atom. The van der Waals surface area contributed by atoms with Crippen LogP contribution in [0, 0.1) is 10.1 Å². The highest BCUT2D eigenvalue weighted by molar-refractivity contribution is 6.30. The van der Waals surface area contributed by atoms with E-state index in [1.54, 1.807) is 16.8 Å². The standard InChI is InChI=1S/C17H14ClN5O2/c18-13-6-4-11(5-7-13)15-9-16(22-17(21-15)19-10-20-22)12-2-1-3-14(8-12)23(24)25/h1-8,10,15-16H,9H2,(H,19,20,21)/t15-,16-/m1/s1. The molecule has 25 heavy (non-hydrogen) atoms. The first-order chi connectivity index (χ1) is 12.1. The van der Waals surface area contributed by atoms with Crippen LogP contribution in [0.15, 0.2) is 54.9 Å². The highest BCUT2D eigenvalue weighted by atomic mass is 35.5. The van der Waals surface area contributed by atoms with E-state index in [-0.39, 0.29) is 22.7 Å². The topological polar surface area (TPSA) is 85.9 Å². The Hall–Kier alpha value is -2.93. The second-order valence-electron chi connectivity index (χ2n) is 5.88. The molecule has 0 amide bonds. The lowest BCUT2D eigenvalue weighted by atomic mass is 9.93. The SMILES string of the molecule is O=[N+]([O-])c1cccc([C@H]2C[C@H](c3ccc(Cl)cc3)Nc3ncnn32)c1. The van der Waals surface area contributed by atoms with E-state index < -0.39 is 0 Å². The Balaban J connectivity index is 1.73. The number of nitro groups is 1. The van der Waals surface area contributed by atoms with Crippen LogP contribution < -0.4 is 5.32 Å². The van der Waals surface area contributed by atoms with E-state index in [4.69, 9.17) is 11.6 Å². The van der Waals surface area contributed by atoms with Gasteiger partial charge in [-0.25, -0.2) is 4.68 Å². The van der Waals surface area contributed by atoms with Crippen molar-refractivity contribution in [2.75, 3.05) is 5.32 Å². The second kappa shape index (κ2) is 6.18. The van der Waals surface area contributed by atoms with Gasteiger partial charge in [-0.05, 0) is 29.7 Å². The monoisotopic (exact) mass is 355 g/mol. The summed E-state index contributed by atoms with van der Waals surface area (Å²) in [5.41, 5.74) is 1.98. The predicted octanol–water partition coefficient (Wildman–Crippen LogP) is 3.99. The summed E-state index contributed by atoms with van der Waals surface area (Å²) in [6, 6.07) is 14.2. The molecule has 1 N–H and O–H groups in total. The van der Waals surface area contributed by atoms with E-state index in [1.807, 2.05) is 30.3 Å². The smallest absolute Gasteiger partial charge is 0.269 e. The first kappa shape index (κ1) is 15.6. The highest BCUT2D eigenvalue weighted by Gasteiger charge is 2.30. The van der Waals surface area contributed by atoms with E-state index in [2.05, 4.69) is 15.4 Å². The molecule has 0 aliphatic carbocycles. The molecule has 4 rings (SSSR count). The van der Waals surface area contributed by atoms with Crippen molar-refractivity contribution in [1.29, 1.82) is 0 Å². The first-order valence-corrected chi connectivity index (χ1v) is 8.15.